The second-order valence-corrected chi connectivity index (χ2v) is 20.3. The largest absolute Gasteiger partial charge is 0.466 e. The smallest absolute Gasteiger partial charge is 0.305 e. The Morgan fingerprint density at radius 2 is 0.712 bits per heavy atom. The molecule has 0 aromatic heterocycles. The number of carbonyl (C=O) groups excluding carboxylic acids is 2. The van der Waals surface area contributed by atoms with Gasteiger partial charge in [0, 0.05) is 12.8 Å². The van der Waals surface area contributed by atoms with E-state index in [1.165, 1.54) is 244 Å². The summed E-state index contributed by atoms with van der Waals surface area (Å²) in [7, 11) is 0. The Balaban J connectivity index is 3.40. The lowest BCUT2D eigenvalue weighted by Crippen LogP contribution is -2.45. The zero-order valence-electron chi connectivity index (χ0n) is 44.4. The Morgan fingerprint density at radius 1 is 0.409 bits per heavy atom. The minimum absolute atomic E-state index is 0.00215. The van der Waals surface area contributed by atoms with Crippen LogP contribution in [0.25, 0.3) is 0 Å². The summed E-state index contributed by atoms with van der Waals surface area (Å²) in [6.07, 6.45) is 67.5. The Morgan fingerprint density at radius 3 is 1.08 bits per heavy atom. The number of amides is 1. The number of unbranched alkanes of at least 4 members (excludes halogenated alkanes) is 40. The van der Waals surface area contributed by atoms with Crippen molar-refractivity contribution in [1.82, 2.24) is 5.32 Å². The highest BCUT2D eigenvalue weighted by Gasteiger charge is 2.20. The molecule has 0 aliphatic carbocycles. The number of carbonyl (C=O) groups is 2. The van der Waals surface area contributed by atoms with E-state index < -0.39 is 12.1 Å². The Hall–Kier alpha value is -1.66. The second kappa shape index (κ2) is 55.9. The molecule has 0 fully saturated rings. The van der Waals surface area contributed by atoms with Gasteiger partial charge in [0.05, 0.1) is 25.4 Å². The molecule has 0 rings (SSSR count). The number of aliphatic hydroxyl groups is 2. The van der Waals surface area contributed by atoms with Crippen molar-refractivity contribution in [2.24, 2.45) is 0 Å². The number of aliphatic hydroxyl groups excluding tert-OH is 2. The maximum atomic E-state index is 12.4. The monoisotopic (exact) mass is 930 g/mol. The van der Waals surface area contributed by atoms with Crippen molar-refractivity contribution in [2.45, 2.75) is 334 Å². The van der Waals surface area contributed by atoms with Gasteiger partial charge in [-0.3, -0.25) is 9.59 Å². The molecule has 6 heteroatoms. The summed E-state index contributed by atoms with van der Waals surface area (Å²) >= 11 is 0. The van der Waals surface area contributed by atoms with Crippen LogP contribution in [0.1, 0.15) is 322 Å². The molecule has 6 nitrogen and oxygen atoms in total. The van der Waals surface area contributed by atoms with Crippen LogP contribution in [0.2, 0.25) is 0 Å². The number of hydrogen-bond acceptors (Lipinski definition) is 5. The topological polar surface area (TPSA) is 95.9 Å². The third-order valence-electron chi connectivity index (χ3n) is 13.7. The summed E-state index contributed by atoms with van der Waals surface area (Å²) < 4.78 is 5.48. The van der Waals surface area contributed by atoms with E-state index in [0.717, 1.165) is 44.9 Å². The Labute approximate surface area is 411 Å². The van der Waals surface area contributed by atoms with Crippen molar-refractivity contribution < 1.29 is 24.5 Å². The van der Waals surface area contributed by atoms with E-state index in [1.807, 2.05) is 0 Å². The normalized spacial score (nSPS) is 12.7. The summed E-state index contributed by atoms with van der Waals surface area (Å²) in [5.41, 5.74) is 0. The summed E-state index contributed by atoms with van der Waals surface area (Å²) in [5.74, 6) is -0.0398. The third-order valence-corrected chi connectivity index (χ3v) is 13.7. The number of ether oxygens (including phenoxy) is 1. The highest BCUT2D eigenvalue weighted by molar-refractivity contribution is 5.76. The van der Waals surface area contributed by atoms with Gasteiger partial charge in [-0.15, -0.1) is 0 Å². The molecule has 0 saturated carbocycles. The summed E-state index contributed by atoms with van der Waals surface area (Å²) in [6.45, 7) is 4.94. The molecule has 66 heavy (non-hydrogen) atoms. The zero-order chi connectivity index (χ0) is 47.9. The van der Waals surface area contributed by atoms with E-state index in [4.69, 9.17) is 4.74 Å². The van der Waals surface area contributed by atoms with Gasteiger partial charge in [0.2, 0.25) is 5.91 Å². The lowest BCUT2D eigenvalue weighted by atomic mass is 10.0. The molecule has 0 saturated heterocycles. The van der Waals surface area contributed by atoms with Gasteiger partial charge in [0.15, 0.2) is 0 Å². The van der Waals surface area contributed by atoms with Crippen LogP contribution in [0.5, 0.6) is 0 Å². The minimum atomic E-state index is -0.667. The highest BCUT2D eigenvalue weighted by Crippen LogP contribution is 2.17. The number of allylic oxidation sites excluding steroid dienone is 4. The van der Waals surface area contributed by atoms with Crippen LogP contribution >= 0.6 is 0 Å². The fourth-order valence-corrected chi connectivity index (χ4v) is 9.16. The van der Waals surface area contributed by atoms with Gasteiger partial charge >= 0.3 is 5.97 Å². The standard InChI is InChI=1S/C60H115NO5/c1-3-5-7-9-11-13-15-17-26-30-34-38-42-46-50-54-60(65)66-55-51-47-43-39-35-31-28-25-23-21-19-18-20-22-24-27-29-33-37-41-45-49-53-59(64)61-57(56-62)58(63)52-48-44-40-36-32-16-14-12-10-8-6-4-2/h17,20,22,26,57-58,62-63H,3-16,18-19,21,23-25,27-56H2,1-2H3,(H,61,64)/b22-20-,26-17-. The molecule has 0 radical (unpaired) electrons. The number of hydrogen-bond donors (Lipinski definition) is 3. The van der Waals surface area contributed by atoms with Gasteiger partial charge in [-0.25, -0.2) is 0 Å². The SMILES string of the molecule is CCCCCCCC/C=C\CCCCCCCC(=O)OCCCCCCCCCCCCC/C=C\CCCCCCCCCC(=O)NC(CO)C(O)CCCCCCCCCCCCCC. The van der Waals surface area contributed by atoms with E-state index in [2.05, 4.69) is 43.5 Å². The lowest BCUT2D eigenvalue weighted by molar-refractivity contribution is -0.143. The molecule has 2 unspecified atom stereocenters. The molecule has 1 amide bonds. The van der Waals surface area contributed by atoms with Gasteiger partial charge in [-0.2, -0.15) is 0 Å². The van der Waals surface area contributed by atoms with Crippen molar-refractivity contribution in [3.05, 3.63) is 24.3 Å². The summed E-state index contributed by atoms with van der Waals surface area (Å²) in [6, 6.07) is -0.545. The number of rotatable bonds is 55. The molecule has 0 aliphatic rings. The van der Waals surface area contributed by atoms with Crippen LogP contribution in [0.15, 0.2) is 24.3 Å². The summed E-state index contributed by atoms with van der Waals surface area (Å²) in [5, 5.41) is 23.2. The van der Waals surface area contributed by atoms with E-state index in [-0.39, 0.29) is 18.5 Å². The van der Waals surface area contributed by atoms with Crippen LogP contribution in [-0.2, 0) is 14.3 Å². The van der Waals surface area contributed by atoms with Gasteiger partial charge < -0.3 is 20.3 Å². The van der Waals surface area contributed by atoms with Crippen molar-refractivity contribution >= 4 is 11.9 Å². The second-order valence-electron chi connectivity index (χ2n) is 20.3. The van der Waals surface area contributed by atoms with Crippen molar-refractivity contribution in [1.29, 1.82) is 0 Å². The highest BCUT2D eigenvalue weighted by atomic mass is 16.5. The summed E-state index contributed by atoms with van der Waals surface area (Å²) in [4.78, 5) is 24.5. The fraction of sp³-hybridized carbons (Fsp3) is 0.900. The molecule has 0 bridgehead atoms. The molecule has 0 heterocycles. The zero-order valence-corrected chi connectivity index (χ0v) is 44.4. The Bertz CT molecular complexity index is 1030. The van der Waals surface area contributed by atoms with Crippen LogP contribution in [0, 0.1) is 0 Å². The van der Waals surface area contributed by atoms with Crippen LogP contribution in [0.4, 0.5) is 0 Å². The van der Waals surface area contributed by atoms with E-state index in [0.29, 0.717) is 25.9 Å². The average molecular weight is 931 g/mol. The fourth-order valence-electron chi connectivity index (χ4n) is 9.16. The van der Waals surface area contributed by atoms with Crippen LogP contribution < -0.4 is 5.32 Å². The third kappa shape index (κ3) is 51.7. The van der Waals surface area contributed by atoms with Crippen molar-refractivity contribution in [3.8, 4) is 0 Å². The molecule has 390 valence electrons. The molecular weight excluding hydrogens is 815 g/mol. The first-order valence-electron chi connectivity index (χ1n) is 29.6. The van der Waals surface area contributed by atoms with Gasteiger partial charge in [-0.1, -0.05) is 256 Å². The van der Waals surface area contributed by atoms with Crippen LogP contribution in [-0.4, -0.2) is 47.4 Å². The first-order chi connectivity index (χ1) is 32.5. The van der Waals surface area contributed by atoms with Crippen molar-refractivity contribution in [2.75, 3.05) is 13.2 Å². The Kier molecular flexibility index (Phi) is 54.5. The predicted molar refractivity (Wildman–Crippen MR) is 287 cm³/mol. The lowest BCUT2D eigenvalue weighted by Gasteiger charge is -2.22. The quantitative estimate of drug-likeness (QED) is 0.0321. The molecule has 0 aromatic carbocycles. The molecule has 3 N–H and O–H groups in total. The van der Waals surface area contributed by atoms with E-state index in [9.17, 15) is 19.8 Å². The number of nitrogens with one attached hydrogen (secondary N) is 1. The minimum Gasteiger partial charge on any atom is -0.466 e. The predicted octanol–water partition coefficient (Wildman–Crippen LogP) is 18.2. The van der Waals surface area contributed by atoms with E-state index >= 15 is 0 Å². The van der Waals surface area contributed by atoms with Crippen molar-refractivity contribution in [3.63, 3.8) is 0 Å². The van der Waals surface area contributed by atoms with Gasteiger partial charge in [0.1, 0.15) is 0 Å². The molecule has 0 spiro atoms. The molecule has 0 aromatic rings. The first-order valence-corrected chi connectivity index (χ1v) is 29.6. The van der Waals surface area contributed by atoms with Crippen LogP contribution in [0.3, 0.4) is 0 Å². The van der Waals surface area contributed by atoms with E-state index in [1.54, 1.807) is 0 Å². The van der Waals surface area contributed by atoms with Gasteiger partial charge in [0.25, 0.3) is 0 Å². The maximum Gasteiger partial charge on any atom is 0.305 e. The maximum absolute atomic E-state index is 12.4. The molecular formula is C60H115NO5. The first kappa shape index (κ1) is 64.3. The molecule has 0 aliphatic heterocycles. The average Bonchev–Trinajstić information content (AvgIpc) is 3.32. The number of esters is 1. The molecule has 2 atom stereocenters. The van der Waals surface area contributed by atoms with Gasteiger partial charge in [-0.05, 0) is 77.0 Å².